The fraction of sp³-hybridized carbons (Fsp3) is 1.00. The molecule has 17 heavy (non-hydrogen) atoms. The Kier molecular flexibility index (Phi) is 3.45. The number of nitrogens with two attached hydrogens (primary N) is 1. The van der Waals surface area contributed by atoms with Gasteiger partial charge in [-0.05, 0) is 62.8 Å². The molecule has 2 N–H and O–H groups in total. The normalized spacial score (nSPS) is 40.4. The molecular weight excluding hydrogens is 208 g/mol. The maximum Gasteiger partial charge on any atom is 0.0111 e. The topological polar surface area (TPSA) is 29.3 Å². The van der Waals surface area contributed by atoms with E-state index in [9.17, 15) is 0 Å². The first kappa shape index (κ1) is 12.0. The standard InChI is InChI=1S/C15H28N2/c1-2-3-8-17(13-6-7-13)10-14-11-4-5-12(9-11)15(14)16/h11-15H,2-10,16H2,1H3. The Bertz CT molecular complexity index is 260. The molecule has 0 radical (unpaired) electrons. The van der Waals surface area contributed by atoms with Crippen molar-refractivity contribution in [3.05, 3.63) is 0 Å². The van der Waals surface area contributed by atoms with Crippen molar-refractivity contribution in [2.24, 2.45) is 23.5 Å². The van der Waals surface area contributed by atoms with E-state index in [0.29, 0.717) is 6.04 Å². The lowest BCUT2D eigenvalue weighted by Gasteiger charge is -2.33. The third kappa shape index (κ3) is 2.39. The quantitative estimate of drug-likeness (QED) is 0.768. The van der Waals surface area contributed by atoms with Crippen LogP contribution >= 0.6 is 0 Å². The zero-order chi connectivity index (χ0) is 11.8. The molecule has 2 heteroatoms. The molecule has 0 aromatic heterocycles. The Labute approximate surface area is 106 Å². The van der Waals surface area contributed by atoms with E-state index in [2.05, 4.69) is 11.8 Å². The molecule has 0 heterocycles. The Morgan fingerprint density at radius 1 is 1.12 bits per heavy atom. The van der Waals surface area contributed by atoms with Gasteiger partial charge in [0.15, 0.2) is 0 Å². The average Bonchev–Trinajstić information content (AvgIpc) is 2.99. The molecule has 4 atom stereocenters. The van der Waals surface area contributed by atoms with E-state index < -0.39 is 0 Å². The van der Waals surface area contributed by atoms with E-state index >= 15 is 0 Å². The molecule has 2 bridgehead atoms. The molecule has 0 saturated heterocycles. The Balaban J connectivity index is 1.56. The smallest absolute Gasteiger partial charge is 0.0111 e. The van der Waals surface area contributed by atoms with Gasteiger partial charge in [-0.15, -0.1) is 0 Å². The molecule has 0 aliphatic heterocycles. The molecule has 3 fully saturated rings. The van der Waals surface area contributed by atoms with Gasteiger partial charge in [0.05, 0.1) is 0 Å². The van der Waals surface area contributed by atoms with Crippen LogP contribution in [0.4, 0.5) is 0 Å². The molecule has 3 aliphatic rings. The molecule has 2 nitrogen and oxygen atoms in total. The van der Waals surface area contributed by atoms with Crippen molar-refractivity contribution in [3.8, 4) is 0 Å². The summed E-state index contributed by atoms with van der Waals surface area (Å²) in [6.07, 6.45) is 9.91. The summed E-state index contributed by atoms with van der Waals surface area (Å²) in [6.45, 7) is 4.93. The maximum absolute atomic E-state index is 6.44. The van der Waals surface area contributed by atoms with Gasteiger partial charge in [-0.1, -0.05) is 13.3 Å². The average molecular weight is 236 g/mol. The summed E-state index contributed by atoms with van der Waals surface area (Å²) in [6, 6.07) is 1.45. The lowest BCUT2D eigenvalue weighted by atomic mass is 9.84. The van der Waals surface area contributed by atoms with E-state index in [1.807, 2.05) is 0 Å². The van der Waals surface area contributed by atoms with Crippen molar-refractivity contribution in [3.63, 3.8) is 0 Å². The van der Waals surface area contributed by atoms with Gasteiger partial charge in [-0.2, -0.15) is 0 Å². The largest absolute Gasteiger partial charge is 0.327 e. The van der Waals surface area contributed by atoms with Crippen molar-refractivity contribution in [2.45, 2.75) is 64.0 Å². The minimum absolute atomic E-state index is 0.525. The first-order valence-corrected chi connectivity index (χ1v) is 7.79. The van der Waals surface area contributed by atoms with Gasteiger partial charge in [0.2, 0.25) is 0 Å². The Morgan fingerprint density at radius 3 is 2.47 bits per heavy atom. The zero-order valence-electron chi connectivity index (χ0n) is 11.3. The van der Waals surface area contributed by atoms with Gasteiger partial charge in [0, 0.05) is 18.6 Å². The van der Waals surface area contributed by atoms with Crippen LogP contribution in [0, 0.1) is 17.8 Å². The van der Waals surface area contributed by atoms with E-state index in [4.69, 9.17) is 5.73 Å². The Morgan fingerprint density at radius 2 is 1.88 bits per heavy atom. The second-order valence-corrected chi connectivity index (χ2v) is 6.65. The summed E-state index contributed by atoms with van der Waals surface area (Å²) in [5, 5.41) is 0. The molecule has 3 aliphatic carbocycles. The van der Waals surface area contributed by atoms with Crippen LogP contribution in [0.5, 0.6) is 0 Å². The Hall–Kier alpha value is -0.0800. The molecule has 4 unspecified atom stereocenters. The van der Waals surface area contributed by atoms with Gasteiger partial charge in [-0.3, -0.25) is 0 Å². The van der Waals surface area contributed by atoms with E-state index in [0.717, 1.165) is 23.8 Å². The van der Waals surface area contributed by atoms with Gasteiger partial charge in [-0.25, -0.2) is 0 Å². The highest BCUT2D eigenvalue weighted by Gasteiger charge is 2.46. The van der Waals surface area contributed by atoms with Crippen LogP contribution in [-0.2, 0) is 0 Å². The lowest BCUT2D eigenvalue weighted by Crippen LogP contribution is -2.43. The number of hydrogen-bond acceptors (Lipinski definition) is 2. The molecule has 98 valence electrons. The van der Waals surface area contributed by atoms with Crippen LogP contribution in [0.15, 0.2) is 0 Å². The van der Waals surface area contributed by atoms with Crippen LogP contribution < -0.4 is 5.73 Å². The summed E-state index contributed by atoms with van der Waals surface area (Å²) in [4.78, 5) is 2.77. The van der Waals surface area contributed by atoms with Crippen molar-refractivity contribution in [1.29, 1.82) is 0 Å². The van der Waals surface area contributed by atoms with Crippen LogP contribution in [-0.4, -0.2) is 30.1 Å². The molecule has 3 saturated carbocycles. The molecular formula is C15H28N2. The van der Waals surface area contributed by atoms with Gasteiger partial charge >= 0.3 is 0 Å². The highest BCUT2D eigenvalue weighted by molar-refractivity contribution is 5.01. The van der Waals surface area contributed by atoms with Crippen LogP contribution in [0.1, 0.15) is 51.9 Å². The van der Waals surface area contributed by atoms with Crippen molar-refractivity contribution < 1.29 is 0 Å². The molecule has 3 rings (SSSR count). The fourth-order valence-electron chi connectivity index (χ4n) is 4.22. The molecule has 0 amide bonds. The number of nitrogens with zero attached hydrogens (tertiary/aromatic N) is 1. The summed E-state index contributed by atoms with van der Waals surface area (Å²) >= 11 is 0. The van der Waals surface area contributed by atoms with Crippen LogP contribution in [0.2, 0.25) is 0 Å². The van der Waals surface area contributed by atoms with Crippen LogP contribution in [0.25, 0.3) is 0 Å². The maximum atomic E-state index is 6.44. The third-order valence-corrected chi connectivity index (χ3v) is 5.47. The minimum atomic E-state index is 0.525. The molecule has 0 aromatic rings. The lowest BCUT2D eigenvalue weighted by molar-refractivity contribution is 0.166. The highest BCUT2D eigenvalue weighted by atomic mass is 15.2. The predicted octanol–water partition coefficient (Wildman–Crippen LogP) is 2.62. The van der Waals surface area contributed by atoms with E-state index in [-0.39, 0.29) is 0 Å². The number of fused-ring (bicyclic) bond motifs is 2. The second kappa shape index (κ2) is 4.89. The fourth-order valence-corrected chi connectivity index (χ4v) is 4.22. The number of rotatable bonds is 6. The summed E-state index contributed by atoms with van der Waals surface area (Å²) in [5.41, 5.74) is 6.44. The summed E-state index contributed by atoms with van der Waals surface area (Å²) in [7, 11) is 0. The van der Waals surface area contributed by atoms with Crippen molar-refractivity contribution in [1.82, 2.24) is 4.90 Å². The monoisotopic (exact) mass is 236 g/mol. The van der Waals surface area contributed by atoms with Crippen LogP contribution in [0.3, 0.4) is 0 Å². The summed E-state index contributed by atoms with van der Waals surface area (Å²) < 4.78 is 0. The number of unbranched alkanes of at least 4 members (excludes halogenated alkanes) is 1. The van der Waals surface area contributed by atoms with Gasteiger partial charge in [0.25, 0.3) is 0 Å². The van der Waals surface area contributed by atoms with Gasteiger partial charge in [0.1, 0.15) is 0 Å². The minimum Gasteiger partial charge on any atom is -0.327 e. The molecule has 0 spiro atoms. The first-order valence-electron chi connectivity index (χ1n) is 7.79. The van der Waals surface area contributed by atoms with Crippen molar-refractivity contribution in [2.75, 3.05) is 13.1 Å². The summed E-state index contributed by atoms with van der Waals surface area (Å²) in [5.74, 6) is 2.67. The van der Waals surface area contributed by atoms with E-state index in [1.54, 1.807) is 0 Å². The highest BCUT2D eigenvalue weighted by Crippen LogP contribution is 2.48. The number of hydrogen-bond donors (Lipinski definition) is 1. The SMILES string of the molecule is CCCCN(CC1C2CCC(C2)C1N)C1CC1. The third-order valence-electron chi connectivity index (χ3n) is 5.47. The predicted molar refractivity (Wildman–Crippen MR) is 71.8 cm³/mol. The van der Waals surface area contributed by atoms with Crippen molar-refractivity contribution >= 4 is 0 Å². The van der Waals surface area contributed by atoms with E-state index in [1.165, 1.54) is 58.0 Å². The van der Waals surface area contributed by atoms with Gasteiger partial charge < -0.3 is 10.6 Å². The molecule has 0 aromatic carbocycles. The first-order chi connectivity index (χ1) is 8.29. The zero-order valence-corrected chi connectivity index (χ0v) is 11.3. The second-order valence-electron chi connectivity index (χ2n) is 6.65.